The molecule has 4 heteroatoms. The van der Waals surface area contributed by atoms with Gasteiger partial charge in [-0.1, -0.05) is 13.2 Å². The molecule has 0 aromatic heterocycles. The van der Waals surface area contributed by atoms with E-state index in [0.29, 0.717) is 6.54 Å². The molecule has 0 saturated heterocycles. The molecule has 0 aromatic rings. The first-order chi connectivity index (χ1) is 6.97. The van der Waals surface area contributed by atoms with Crippen LogP contribution in [0.2, 0.25) is 0 Å². The van der Waals surface area contributed by atoms with Gasteiger partial charge in [0.2, 0.25) is 11.8 Å². The number of amides is 2. The van der Waals surface area contributed by atoms with Gasteiger partial charge in [-0.3, -0.25) is 9.59 Å². The van der Waals surface area contributed by atoms with Crippen molar-refractivity contribution in [1.82, 2.24) is 10.6 Å². The zero-order chi connectivity index (χ0) is 12.3. The van der Waals surface area contributed by atoms with Crippen LogP contribution in [0.3, 0.4) is 0 Å². The molecule has 0 unspecified atom stereocenters. The molecule has 0 radical (unpaired) electrons. The minimum atomic E-state index is -0.111. The Morgan fingerprint density at radius 2 is 1.67 bits per heavy atom. The van der Waals surface area contributed by atoms with E-state index >= 15 is 0 Å². The van der Waals surface area contributed by atoms with Crippen LogP contribution in [0.15, 0.2) is 25.3 Å². The summed E-state index contributed by atoms with van der Waals surface area (Å²) in [4.78, 5) is 20.6. The fourth-order valence-electron chi connectivity index (χ4n) is 0.590. The quantitative estimate of drug-likeness (QED) is 0.683. The largest absolute Gasteiger partial charge is 0.353 e. The van der Waals surface area contributed by atoms with E-state index in [1.165, 1.54) is 12.2 Å². The Bertz CT molecular complexity index is 223. The van der Waals surface area contributed by atoms with Crippen molar-refractivity contribution in [1.29, 1.82) is 0 Å². The van der Waals surface area contributed by atoms with E-state index in [0.717, 1.165) is 0 Å². The van der Waals surface area contributed by atoms with Gasteiger partial charge in [-0.2, -0.15) is 0 Å². The lowest BCUT2D eigenvalue weighted by molar-refractivity contribution is -0.117. The normalized spacial score (nSPS) is 8.27. The summed E-state index contributed by atoms with van der Waals surface area (Å²) in [6.45, 7) is 12.9. The topological polar surface area (TPSA) is 58.2 Å². The lowest BCUT2D eigenvalue weighted by atomic mass is 10.4. The molecule has 0 spiro atoms. The molecular weight excluding hydrogens is 192 g/mol. The summed E-state index contributed by atoms with van der Waals surface area (Å²) in [5, 5.41) is 5.17. The van der Waals surface area contributed by atoms with Gasteiger partial charge in [0, 0.05) is 12.6 Å². The maximum Gasteiger partial charge on any atom is 0.243 e. The highest BCUT2D eigenvalue weighted by atomic mass is 16.2. The fourth-order valence-corrected chi connectivity index (χ4v) is 0.590. The van der Waals surface area contributed by atoms with Gasteiger partial charge < -0.3 is 10.6 Å². The average molecular weight is 212 g/mol. The standard InChI is InChI=1S/C6H11NO.C5H9NO/c1-4-6(8)7-5(2)3;1-3-5(7)6-4-2/h4-5H,1H2,2-3H3,(H,7,8);3H,1,4H2,2H3,(H,6,7). The fraction of sp³-hybridized carbons (Fsp3) is 0.455. The van der Waals surface area contributed by atoms with Gasteiger partial charge in [0.15, 0.2) is 0 Å². The SMILES string of the molecule is C=CC(=O)NC(C)C.C=CC(=O)NCC. The molecule has 0 atom stereocenters. The molecule has 2 N–H and O–H groups in total. The number of nitrogens with one attached hydrogen (secondary N) is 2. The van der Waals surface area contributed by atoms with E-state index in [2.05, 4.69) is 23.8 Å². The number of carbonyl (C=O) groups excluding carboxylic acids is 2. The van der Waals surface area contributed by atoms with Crippen molar-refractivity contribution < 1.29 is 9.59 Å². The Kier molecular flexibility index (Phi) is 11.1. The molecule has 0 saturated carbocycles. The third kappa shape index (κ3) is 15.2. The third-order valence-corrected chi connectivity index (χ3v) is 1.15. The molecule has 0 fully saturated rings. The van der Waals surface area contributed by atoms with Gasteiger partial charge in [-0.25, -0.2) is 0 Å². The molecule has 4 nitrogen and oxygen atoms in total. The maximum atomic E-state index is 10.4. The summed E-state index contributed by atoms with van der Waals surface area (Å²) in [5.41, 5.74) is 0. The molecule has 2 amide bonds. The van der Waals surface area contributed by atoms with E-state index in [4.69, 9.17) is 0 Å². The van der Waals surface area contributed by atoms with Gasteiger partial charge in [0.05, 0.1) is 0 Å². The van der Waals surface area contributed by atoms with Crippen LogP contribution in [0.25, 0.3) is 0 Å². The van der Waals surface area contributed by atoms with Crippen molar-refractivity contribution in [3.05, 3.63) is 25.3 Å². The van der Waals surface area contributed by atoms with Gasteiger partial charge in [0.1, 0.15) is 0 Å². The van der Waals surface area contributed by atoms with E-state index in [-0.39, 0.29) is 17.9 Å². The first kappa shape index (κ1) is 15.9. The second-order valence-corrected chi connectivity index (χ2v) is 2.97. The van der Waals surface area contributed by atoms with Crippen LogP contribution in [0.5, 0.6) is 0 Å². The molecule has 0 bridgehead atoms. The van der Waals surface area contributed by atoms with Gasteiger partial charge in [-0.15, -0.1) is 0 Å². The average Bonchev–Trinajstić information content (AvgIpc) is 2.18. The highest BCUT2D eigenvalue weighted by molar-refractivity contribution is 5.87. The smallest absolute Gasteiger partial charge is 0.243 e. The molecule has 0 aliphatic carbocycles. The predicted molar refractivity (Wildman–Crippen MR) is 62.4 cm³/mol. The monoisotopic (exact) mass is 212 g/mol. The van der Waals surface area contributed by atoms with Crippen molar-refractivity contribution in [3.8, 4) is 0 Å². The minimum absolute atomic E-state index is 0.109. The Hall–Kier alpha value is -1.58. The van der Waals surface area contributed by atoms with Gasteiger partial charge in [0.25, 0.3) is 0 Å². The Morgan fingerprint density at radius 3 is 1.80 bits per heavy atom. The Morgan fingerprint density at radius 1 is 1.20 bits per heavy atom. The van der Waals surface area contributed by atoms with Crippen LogP contribution in [-0.4, -0.2) is 24.4 Å². The summed E-state index contributed by atoms with van der Waals surface area (Å²) in [6.07, 6.45) is 2.52. The van der Waals surface area contributed by atoms with E-state index in [1.54, 1.807) is 0 Å². The van der Waals surface area contributed by atoms with Crippen LogP contribution in [-0.2, 0) is 9.59 Å². The molecule has 15 heavy (non-hydrogen) atoms. The first-order valence-corrected chi connectivity index (χ1v) is 4.81. The highest BCUT2D eigenvalue weighted by Crippen LogP contribution is 1.75. The van der Waals surface area contributed by atoms with Crippen LogP contribution in [0, 0.1) is 0 Å². The van der Waals surface area contributed by atoms with E-state index < -0.39 is 0 Å². The number of carbonyl (C=O) groups is 2. The van der Waals surface area contributed by atoms with Crippen molar-refractivity contribution >= 4 is 11.8 Å². The Balaban J connectivity index is 0. The Labute approximate surface area is 91.4 Å². The van der Waals surface area contributed by atoms with Gasteiger partial charge in [-0.05, 0) is 32.9 Å². The number of hydrogen-bond acceptors (Lipinski definition) is 2. The number of hydrogen-bond donors (Lipinski definition) is 2. The summed E-state index contributed by atoms with van der Waals surface area (Å²) in [7, 11) is 0. The molecule has 0 heterocycles. The summed E-state index contributed by atoms with van der Waals surface area (Å²) in [5.74, 6) is -0.220. The van der Waals surface area contributed by atoms with Crippen LogP contribution in [0.4, 0.5) is 0 Å². The maximum absolute atomic E-state index is 10.4. The minimum Gasteiger partial charge on any atom is -0.353 e. The summed E-state index contributed by atoms with van der Waals surface area (Å²) >= 11 is 0. The van der Waals surface area contributed by atoms with Crippen molar-refractivity contribution in [3.63, 3.8) is 0 Å². The zero-order valence-electron chi connectivity index (χ0n) is 9.67. The number of rotatable bonds is 4. The second kappa shape index (κ2) is 10.5. The van der Waals surface area contributed by atoms with Gasteiger partial charge >= 0.3 is 0 Å². The van der Waals surface area contributed by atoms with Crippen molar-refractivity contribution in [2.24, 2.45) is 0 Å². The van der Waals surface area contributed by atoms with Crippen molar-refractivity contribution in [2.75, 3.05) is 6.54 Å². The molecule has 0 aliphatic heterocycles. The summed E-state index contributed by atoms with van der Waals surface area (Å²) in [6, 6.07) is 0.209. The van der Waals surface area contributed by atoms with Crippen LogP contribution >= 0.6 is 0 Å². The zero-order valence-corrected chi connectivity index (χ0v) is 9.67. The molecular formula is C11H20N2O2. The lowest BCUT2D eigenvalue weighted by Crippen LogP contribution is -2.27. The number of likely N-dealkylation sites (N-methyl/N-ethyl adjacent to an activating group) is 1. The van der Waals surface area contributed by atoms with E-state index in [1.807, 2.05) is 20.8 Å². The molecule has 86 valence electrons. The molecule has 0 rings (SSSR count). The third-order valence-electron chi connectivity index (χ3n) is 1.15. The predicted octanol–water partition coefficient (Wildman–Crippen LogP) is 1.01. The van der Waals surface area contributed by atoms with Crippen LogP contribution < -0.4 is 10.6 Å². The molecule has 0 aliphatic rings. The summed E-state index contributed by atoms with van der Waals surface area (Å²) < 4.78 is 0. The first-order valence-electron chi connectivity index (χ1n) is 4.81. The van der Waals surface area contributed by atoms with Crippen molar-refractivity contribution in [2.45, 2.75) is 26.8 Å². The van der Waals surface area contributed by atoms with Crippen LogP contribution in [0.1, 0.15) is 20.8 Å². The molecule has 0 aromatic carbocycles. The van der Waals surface area contributed by atoms with E-state index in [9.17, 15) is 9.59 Å². The second-order valence-electron chi connectivity index (χ2n) is 2.97. The highest BCUT2D eigenvalue weighted by Gasteiger charge is 1.93. The lowest BCUT2D eigenvalue weighted by Gasteiger charge is -2.02.